The van der Waals surface area contributed by atoms with Crippen molar-refractivity contribution in [2.24, 2.45) is 5.92 Å². The highest BCUT2D eigenvalue weighted by Crippen LogP contribution is 2.43. The molecule has 5 nitrogen and oxygen atoms in total. The lowest BCUT2D eigenvalue weighted by atomic mass is 10.1. The molecule has 1 fully saturated rings. The van der Waals surface area contributed by atoms with Gasteiger partial charge in [0.2, 0.25) is 5.91 Å². The minimum absolute atomic E-state index is 0.0284. The van der Waals surface area contributed by atoms with Crippen LogP contribution in [-0.4, -0.2) is 23.0 Å². The lowest BCUT2D eigenvalue weighted by Crippen LogP contribution is -2.31. The fourth-order valence-electron chi connectivity index (χ4n) is 2.46. The van der Waals surface area contributed by atoms with E-state index in [0.29, 0.717) is 18.5 Å². The Morgan fingerprint density at radius 1 is 1.47 bits per heavy atom. The summed E-state index contributed by atoms with van der Waals surface area (Å²) >= 11 is 0. The van der Waals surface area contributed by atoms with E-state index < -0.39 is 11.9 Å². The quantitative estimate of drug-likeness (QED) is 0.732. The first kappa shape index (κ1) is 10.1. The fourth-order valence-corrected chi connectivity index (χ4v) is 2.46. The molecule has 0 radical (unpaired) electrons. The van der Waals surface area contributed by atoms with Crippen LogP contribution >= 0.6 is 0 Å². The second-order valence-electron chi connectivity index (χ2n) is 4.58. The maximum Gasteiger partial charge on any atom is 0.308 e. The van der Waals surface area contributed by atoms with Crippen molar-refractivity contribution in [1.29, 1.82) is 0 Å². The molecule has 3 rings (SSSR count). The van der Waals surface area contributed by atoms with E-state index in [1.807, 2.05) is 0 Å². The number of benzene rings is 1. The Morgan fingerprint density at radius 2 is 2.24 bits per heavy atom. The van der Waals surface area contributed by atoms with Gasteiger partial charge in [-0.05, 0) is 30.2 Å². The molecule has 2 atom stereocenters. The molecule has 1 amide bonds. The molecule has 1 heterocycles. The number of aliphatic carboxylic acids is 1. The van der Waals surface area contributed by atoms with Gasteiger partial charge < -0.3 is 15.7 Å². The first-order chi connectivity index (χ1) is 8.08. The normalized spacial score (nSPS) is 25.9. The Hall–Kier alpha value is -2.04. The zero-order valence-corrected chi connectivity index (χ0v) is 9.09. The number of carbonyl (C=O) groups is 2. The lowest BCUT2D eigenvalue weighted by molar-refractivity contribution is -0.138. The predicted octanol–water partition coefficient (Wildman–Crippen LogP) is 0.631. The van der Waals surface area contributed by atoms with Gasteiger partial charge in [-0.25, -0.2) is 0 Å². The van der Waals surface area contributed by atoms with E-state index in [1.165, 1.54) is 0 Å². The van der Waals surface area contributed by atoms with Crippen molar-refractivity contribution >= 4 is 23.3 Å². The van der Waals surface area contributed by atoms with Gasteiger partial charge in [-0.1, -0.05) is 0 Å². The Morgan fingerprint density at radius 3 is 2.88 bits per heavy atom. The van der Waals surface area contributed by atoms with Crippen LogP contribution < -0.4 is 10.6 Å². The molecular weight excluding hydrogens is 220 g/mol. The Labute approximate surface area is 97.8 Å². The average molecular weight is 232 g/mol. The third-order valence-electron chi connectivity index (χ3n) is 3.38. The highest BCUT2D eigenvalue weighted by Gasteiger charge is 2.51. The van der Waals surface area contributed by atoms with Gasteiger partial charge in [0.15, 0.2) is 0 Å². The van der Waals surface area contributed by atoms with Gasteiger partial charge in [0.1, 0.15) is 0 Å². The van der Waals surface area contributed by atoms with Gasteiger partial charge in [-0.3, -0.25) is 9.59 Å². The van der Waals surface area contributed by atoms with Crippen LogP contribution in [0.2, 0.25) is 0 Å². The molecule has 2 aliphatic rings. The van der Waals surface area contributed by atoms with Gasteiger partial charge in [0, 0.05) is 11.4 Å². The van der Waals surface area contributed by atoms with E-state index in [1.54, 1.807) is 23.1 Å². The predicted molar refractivity (Wildman–Crippen MR) is 61.6 cm³/mol. The van der Waals surface area contributed by atoms with E-state index in [0.717, 1.165) is 11.3 Å². The standard InChI is InChI=1S/C12H12N2O3/c13-7-1-2-9-6(3-7)4-11(15)14(9)10-5-8(10)12(16)17/h1-3,8,10H,4-5,13H2,(H,16,17). The minimum atomic E-state index is -0.827. The number of anilines is 2. The zero-order chi connectivity index (χ0) is 12.2. The molecule has 3 N–H and O–H groups in total. The first-order valence-electron chi connectivity index (χ1n) is 5.51. The van der Waals surface area contributed by atoms with Crippen molar-refractivity contribution in [3.05, 3.63) is 23.8 Å². The van der Waals surface area contributed by atoms with Crippen LogP contribution in [0.4, 0.5) is 11.4 Å². The molecule has 0 bridgehead atoms. The highest BCUT2D eigenvalue weighted by molar-refractivity contribution is 6.03. The minimum Gasteiger partial charge on any atom is -0.481 e. The van der Waals surface area contributed by atoms with Crippen molar-refractivity contribution in [3.8, 4) is 0 Å². The van der Waals surface area contributed by atoms with Crippen LogP contribution in [0.3, 0.4) is 0 Å². The van der Waals surface area contributed by atoms with Crippen molar-refractivity contribution in [3.63, 3.8) is 0 Å². The van der Waals surface area contributed by atoms with Gasteiger partial charge in [0.25, 0.3) is 0 Å². The molecule has 0 spiro atoms. The monoisotopic (exact) mass is 232 g/mol. The number of hydrogen-bond acceptors (Lipinski definition) is 3. The summed E-state index contributed by atoms with van der Waals surface area (Å²) in [5, 5.41) is 8.90. The molecule has 1 aromatic carbocycles. The molecule has 88 valence electrons. The number of hydrogen-bond donors (Lipinski definition) is 2. The van der Waals surface area contributed by atoms with E-state index in [9.17, 15) is 9.59 Å². The number of nitrogens with zero attached hydrogens (tertiary/aromatic N) is 1. The summed E-state index contributed by atoms with van der Waals surface area (Å²) in [5.74, 6) is -1.27. The molecule has 0 saturated heterocycles. The topological polar surface area (TPSA) is 83.6 Å². The summed E-state index contributed by atoms with van der Waals surface area (Å²) in [6.45, 7) is 0. The van der Waals surface area contributed by atoms with Gasteiger partial charge in [-0.15, -0.1) is 0 Å². The number of amides is 1. The molecule has 5 heteroatoms. The maximum absolute atomic E-state index is 11.9. The van der Waals surface area contributed by atoms with Crippen LogP contribution in [0.5, 0.6) is 0 Å². The zero-order valence-electron chi connectivity index (χ0n) is 9.09. The Bertz CT molecular complexity index is 526. The molecular formula is C12H12N2O3. The molecule has 1 aliphatic heterocycles. The number of nitrogen functional groups attached to an aromatic ring is 1. The third kappa shape index (κ3) is 1.46. The van der Waals surface area contributed by atoms with Crippen molar-refractivity contribution in [2.45, 2.75) is 18.9 Å². The van der Waals surface area contributed by atoms with Crippen molar-refractivity contribution < 1.29 is 14.7 Å². The number of fused-ring (bicyclic) bond motifs is 1. The van der Waals surface area contributed by atoms with E-state index in [4.69, 9.17) is 10.8 Å². The summed E-state index contributed by atoms with van der Waals surface area (Å²) < 4.78 is 0. The summed E-state index contributed by atoms with van der Waals surface area (Å²) in [5.41, 5.74) is 8.01. The highest BCUT2D eigenvalue weighted by atomic mass is 16.4. The van der Waals surface area contributed by atoms with Gasteiger partial charge in [-0.2, -0.15) is 0 Å². The molecule has 1 aliphatic carbocycles. The average Bonchev–Trinajstić information content (AvgIpc) is 2.96. The van der Waals surface area contributed by atoms with Crippen LogP contribution in [0.1, 0.15) is 12.0 Å². The Kier molecular flexibility index (Phi) is 1.92. The van der Waals surface area contributed by atoms with Crippen LogP contribution in [-0.2, 0) is 16.0 Å². The van der Waals surface area contributed by atoms with Crippen LogP contribution in [0, 0.1) is 5.92 Å². The fraction of sp³-hybridized carbons (Fsp3) is 0.333. The Balaban J connectivity index is 1.93. The van der Waals surface area contributed by atoms with Crippen LogP contribution in [0.25, 0.3) is 0 Å². The first-order valence-corrected chi connectivity index (χ1v) is 5.51. The second kappa shape index (κ2) is 3.23. The van der Waals surface area contributed by atoms with Gasteiger partial charge in [0.05, 0.1) is 18.4 Å². The molecule has 2 unspecified atom stereocenters. The number of carbonyl (C=O) groups excluding carboxylic acids is 1. The summed E-state index contributed by atoms with van der Waals surface area (Å²) in [6, 6.07) is 5.14. The lowest BCUT2D eigenvalue weighted by Gasteiger charge is -2.17. The summed E-state index contributed by atoms with van der Waals surface area (Å²) in [4.78, 5) is 24.3. The number of rotatable bonds is 2. The molecule has 1 saturated carbocycles. The van der Waals surface area contributed by atoms with E-state index in [2.05, 4.69) is 0 Å². The summed E-state index contributed by atoms with van der Waals surface area (Å²) in [6.07, 6.45) is 0.869. The number of carboxylic acids is 1. The van der Waals surface area contributed by atoms with Crippen LogP contribution in [0.15, 0.2) is 18.2 Å². The van der Waals surface area contributed by atoms with Crippen molar-refractivity contribution in [1.82, 2.24) is 0 Å². The SMILES string of the molecule is Nc1ccc2c(c1)CC(=O)N2C1CC1C(=O)O. The molecule has 0 aromatic heterocycles. The smallest absolute Gasteiger partial charge is 0.308 e. The van der Waals surface area contributed by atoms with Crippen molar-refractivity contribution in [2.75, 3.05) is 10.6 Å². The largest absolute Gasteiger partial charge is 0.481 e. The van der Waals surface area contributed by atoms with E-state index >= 15 is 0 Å². The second-order valence-corrected chi connectivity index (χ2v) is 4.58. The molecule has 1 aromatic rings. The summed E-state index contributed by atoms with van der Waals surface area (Å²) in [7, 11) is 0. The van der Waals surface area contributed by atoms with Gasteiger partial charge >= 0.3 is 5.97 Å². The number of carboxylic acid groups (broad SMARTS) is 1. The molecule has 17 heavy (non-hydrogen) atoms. The van der Waals surface area contributed by atoms with E-state index in [-0.39, 0.29) is 11.9 Å². The third-order valence-corrected chi connectivity index (χ3v) is 3.38. The number of nitrogens with two attached hydrogens (primary N) is 1. The maximum atomic E-state index is 11.9.